The van der Waals surface area contributed by atoms with E-state index < -0.39 is 0 Å². The lowest BCUT2D eigenvalue weighted by Gasteiger charge is -2.43. The van der Waals surface area contributed by atoms with Gasteiger partial charge < -0.3 is 16.0 Å². The topological polar surface area (TPSA) is 78.7 Å². The molecular weight excluding hydrogens is 340 g/mol. The molecule has 6 nitrogen and oxygen atoms in total. The van der Waals surface area contributed by atoms with E-state index in [0.717, 1.165) is 44.9 Å². The maximum atomic E-state index is 12.9. The zero-order chi connectivity index (χ0) is 19.4. The van der Waals surface area contributed by atoms with Crippen molar-refractivity contribution in [2.75, 3.05) is 19.6 Å². The Kier molecular flexibility index (Phi) is 7.15. The van der Waals surface area contributed by atoms with Crippen molar-refractivity contribution in [1.29, 1.82) is 0 Å². The Balaban J connectivity index is 1.51. The second-order valence-corrected chi connectivity index (χ2v) is 9.08. The van der Waals surface area contributed by atoms with E-state index in [0.29, 0.717) is 12.5 Å². The minimum atomic E-state index is -0.238. The van der Waals surface area contributed by atoms with E-state index in [-0.39, 0.29) is 29.8 Å². The first-order chi connectivity index (χ1) is 13.0. The van der Waals surface area contributed by atoms with Crippen molar-refractivity contribution in [1.82, 2.24) is 15.1 Å². The van der Waals surface area contributed by atoms with Gasteiger partial charge in [-0.15, -0.1) is 0 Å². The van der Waals surface area contributed by atoms with Gasteiger partial charge >= 0.3 is 0 Å². The number of nitrogens with two attached hydrogens (primary N) is 1. The number of hydrogen-bond acceptors (Lipinski definition) is 4. The molecule has 154 valence electrons. The Morgan fingerprint density at radius 2 is 1.56 bits per heavy atom. The molecule has 2 amide bonds. The van der Waals surface area contributed by atoms with E-state index in [1.54, 1.807) is 0 Å². The molecule has 0 aromatic rings. The SMILES string of the molecule is CC(C)N1CCC(C(N)=O)CC1NC(=O)C1CCN(C2CCCCC2)CC1. The first kappa shape index (κ1) is 20.6. The lowest BCUT2D eigenvalue weighted by Crippen LogP contribution is -2.57. The summed E-state index contributed by atoms with van der Waals surface area (Å²) in [5.74, 6) is -0.0937. The number of amides is 2. The molecule has 3 N–H and O–H groups in total. The van der Waals surface area contributed by atoms with Crippen LogP contribution in [0.1, 0.15) is 71.6 Å². The summed E-state index contributed by atoms with van der Waals surface area (Å²) in [6, 6.07) is 1.09. The molecule has 3 aliphatic rings. The number of carbonyl (C=O) groups excluding carboxylic acids is 2. The standard InChI is InChI=1S/C21H38N4O2/c1-15(2)25-13-10-17(20(22)26)14-19(25)23-21(27)16-8-11-24(12-9-16)18-6-4-3-5-7-18/h15-19H,3-14H2,1-2H3,(H2,22,26)(H,23,27). The third-order valence-electron chi connectivity index (χ3n) is 7.01. The average Bonchev–Trinajstić information content (AvgIpc) is 2.68. The largest absolute Gasteiger partial charge is 0.369 e. The van der Waals surface area contributed by atoms with E-state index in [1.807, 2.05) is 0 Å². The molecule has 2 heterocycles. The highest BCUT2D eigenvalue weighted by Gasteiger charge is 2.35. The zero-order valence-corrected chi connectivity index (χ0v) is 17.2. The van der Waals surface area contributed by atoms with Crippen LogP contribution in [0.25, 0.3) is 0 Å². The molecule has 2 saturated heterocycles. The molecule has 1 aliphatic carbocycles. The van der Waals surface area contributed by atoms with Gasteiger partial charge in [0.15, 0.2) is 0 Å². The second-order valence-electron chi connectivity index (χ2n) is 9.08. The Morgan fingerprint density at radius 1 is 0.926 bits per heavy atom. The van der Waals surface area contributed by atoms with E-state index in [4.69, 9.17) is 5.73 Å². The molecule has 0 aromatic heterocycles. The van der Waals surface area contributed by atoms with Crippen molar-refractivity contribution in [2.45, 2.75) is 89.9 Å². The van der Waals surface area contributed by atoms with Crippen LogP contribution in [-0.4, -0.2) is 59.5 Å². The Bertz CT molecular complexity index is 510. The molecule has 0 aromatic carbocycles. The van der Waals surface area contributed by atoms with Gasteiger partial charge in [-0.3, -0.25) is 14.5 Å². The van der Waals surface area contributed by atoms with Gasteiger partial charge in [-0.2, -0.15) is 0 Å². The number of piperidine rings is 2. The third-order valence-corrected chi connectivity index (χ3v) is 7.01. The summed E-state index contributed by atoms with van der Waals surface area (Å²) in [4.78, 5) is 29.5. The summed E-state index contributed by atoms with van der Waals surface area (Å²) in [5.41, 5.74) is 5.54. The average molecular weight is 379 g/mol. The number of rotatable bonds is 5. The van der Waals surface area contributed by atoms with Gasteiger partial charge in [0.2, 0.25) is 11.8 Å². The second kappa shape index (κ2) is 9.37. The molecule has 6 heteroatoms. The van der Waals surface area contributed by atoms with Gasteiger partial charge in [-0.05, 0) is 65.5 Å². The van der Waals surface area contributed by atoms with Crippen molar-refractivity contribution in [3.05, 3.63) is 0 Å². The van der Waals surface area contributed by atoms with Gasteiger partial charge in [0.05, 0.1) is 6.17 Å². The fraction of sp³-hybridized carbons (Fsp3) is 0.905. The summed E-state index contributed by atoms with van der Waals surface area (Å²) < 4.78 is 0. The normalized spacial score (nSPS) is 29.7. The fourth-order valence-electron chi connectivity index (χ4n) is 5.26. The van der Waals surface area contributed by atoms with E-state index in [1.165, 1.54) is 32.1 Å². The molecule has 27 heavy (non-hydrogen) atoms. The molecule has 0 bridgehead atoms. The van der Waals surface area contributed by atoms with Gasteiger partial charge in [0, 0.05) is 30.5 Å². The molecular formula is C21H38N4O2. The van der Waals surface area contributed by atoms with E-state index in [9.17, 15) is 9.59 Å². The predicted molar refractivity (Wildman–Crippen MR) is 107 cm³/mol. The molecule has 2 unspecified atom stereocenters. The minimum Gasteiger partial charge on any atom is -0.369 e. The van der Waals surface area contributed by atoms with Crippen molar-refractivity contribution in [3.63, 3.8) is 0 Å². The number of primary amides is 1. The summed E-state index contributed by atoms with van der Waals surface area (Å²) in [6.07, 6.45) is 10.0. The monoisotopic (exact) mass is 378 g/mol. The molecule has 0 radical (unpaired) electrons. The fourth-order valence-corrected chi connectivity index (χ4v) is 5.26. The number of likely N-dealkylation sites (tertiary alicyclic amines) is 2. The number of nitrogens with one attached hydrogen (secondary N) is 1. The Hall–Kier alpha value is -1.14. The Labute approximate surface area is 164 Å². The van der Waals surface area contributed by atoms with Gasteiger partial charge in [-0.1, -0.05) is 19.3 Å². The minimum absolute atomic E-state index is 0.0693. The van der Waals surface area contributed by atoms with E-state index in [2.05, 4.69) is 29.0 Å². The molecule has 3 fully saturated rings. The maximum absolute atomic E-state index is 12.9. The molecule has 1 saturated carbocycles. The van der Waals surface area contributed by atoms with Crippen LogP contribution in [0.4, 0.5) is 0 Å². The summed E-state index contributed by atoms with van der Waals surface area (Å²) in [5, 5.41) is 3.26. The summed E-state index contributed by atoms with van der Waals surface area (Å²) in [6.45, 7) is 7.20. The van der Waals surface area contributed by atoms with Crippen LogP contribution < -0.4 is 11.1 Å². The first-order valence-electron chi connectivity index (χ1n) is 11.0. The number of nitrogens with zero attached hydrogens (tertiary/aromatic N) is 2. The zero-order valence-electron chi connectivity index (χ0n) is 17.2. The van der Waals surface area contributed by atoms with Crippen LogP contribution in [0.2, 0.25) is 0 Å². The third kappa shape index (κ3) is 5.23. The predicted octanol–water partition coefficient (Wildman–Crippen LogP) is 2.08. The highest BCUT2D eigenvalue weighted by atomic mass is 16.2. The van der Waals surface area contributed by atoms with Crippen LogP contribution in [0.3, 0.4) is 0 Å². The van der Waals surface area contributed by atoms with Crippen LogP contribution in [0.15, 0.2) is 0 Å². The quantitative estimate of drug-likeness (QED) is 0.768. The van der Waals surface area contributed by atoms with Crippen LogP contribution in [-0.2, 0) is 9.59 Å². The first-order valence-corrected chi connectivity index (χ1v) is 11.0. The highest BCUT2D eigenvalue weighted by molar-refractivity contribution is 5.79. The van der Waals surface area contributed by atoms with Crippen molar-refractivity contribution < 1.29 is 9.59 Å². The molecule has 2 atom stereocenters. The molecule has 3 rings (SSSR count). The molecule has 2 aliphatic heterocycles. The lowest BCUT2D eigenvalue weighted by molar-refractivity contribution is -0.132. The number of hydrogen-bond donors (Lipinski definition) is 2. The van der Waals surface area contributed by atoms with Gasteiger partial charge in [0.1, 0.15) is 0 Å². The van der Waals surface area contributed by atoms with Crippen LogP contribution >= 0.6 is 0 Å². The highest BCUT2D eigenvalue weighted by Crippen LogP contribution is 2.28. The summed E-state index contributed by atoms with van der Waals surface area (Å²) >= 11 is 0. The van der Waals surface area contributed by atoms with Crippen molar-refractivity contribution in [2.24, 2.45) is 17.6 Å². The number of carbonyl (C=O) groups is 2. The van der Waals surface area contributed by atoms with Crippen molar-refractivity contribution >= 4 is 11.8 Å². The van der Waals surface area contributed by atoms with Gasteiger partial charge in [-0.25, -0.2) is 0 Å². The summed E-state index contributed by atoms with van der Waals surface area (Å²) in [7, 11) is 0. The Morgan fingerprint density at radius 3 is 2.15 bits per heavy atom. The maximum Gasteiger partial charge on any atom is 0.224 e. The van der Waals surface area contributed by atoms with Crippen LogP contribution in [0.5, 0.6) is 0 Å². The van der Waals surface area contributed by atoms with E-state index >= 15 is 0 Å². The van der Waals surface area contributed by atoms with Gasteiger partial charge in [0.25, 0.3) is 0 Å². The smallest absolute Gasteiger partial charge is 0.224 e. The van der Waals surface area contributed by atoms with Crippen LogP contribution in [0, 0.1) is 11.8 Å². The molecule has 0 spiro atoms. The lowest BCUT2D eigenvalue weighted by atomic mass is 9.89. The van der Waals surface area contributed by atoms with Crippen molar-refractivity contribution in [3.8, 4) is 0 Å².